The third-order valence-corrected chi connectivity index (χ3v) is 9.07. The van der Waals surface area contributed by atoms with Crippen LogP contribution in [0.2, 0.25) is 0 Å². The predicted molar refractivity (Wildman–Crippen MR) is 98.8 cm³/mol. The van der Waals surface area contributed by atoms with Crippen molar-refractivity contribution in [3.63, 3.8) is 0 Å². The van der Waals surface area contributed by atoms with Gasteiger partial charge in [0.05, 0.1) is 17.4 Å². The first-order chi connectivity index (χ1) is 13.0. The van der Waals surface area contributed by atoms with E-state index in [9.17, 15) is 19.8 Å². The lowest BCUT2D eigenvalue weighted by atomic mass is 9.36. The van der Waals surface area contributed by atoms with Crippen molar-refractivity contribution in [1.82, 2.24) is 0 Å². The SMILES string of the molecule is C=C1[C@@H]2CC[C@H]3[C@@]45CO[C@](O)([C@@H](O)[C@@H]4C(C)(C)CCC5=O)[C@]3(C2)[C@@H]1OC(C)=O. The molecule has 2 heterocycles. The van der Waals surface area contributed by atoms with Gasteiger partial charge in [0.1, 0.15) is 18.0 Å². The lowest BCUT2D eigenvalue weighted by Crippen LogP contribution is -2.83. The summed E-state index contributed by atoms with van der Waals surface area (Å²) in [5.41, 5.74) is -1.38. The molecule has 2 N–H and O–H groups in total. The van der Waals surface area contributed by atoms with E-state index in [0.29, 0.717) is 19.3 Å². The van der Waals surface area contributed by atoms with Gasteiger partial charge in [0.15, 0.2) is 0 Å². The molecule has 0 aromatic carbocycles. The molecule has 6 heteroatoms. The minimum Gasteiger partial charge on any atom is -0.457 e. The van der Waals surface area contributed by atoms with Gasteiger partial charge in [-0.25, -0.2) is 0 Å². The second-order valence-electron chi connectivity index (χ2n) is 10.5. The standard InChI is InChI=1S/C22H30O6/c1-11-13-5-6-14-20-10-27-22(26,21(14,9-13)18(11)28-12(2)23)17(25)16(20)19(3,4)8-7-15(20)24/h13-14,16-18,25-26H,1,5-10H2,2-4H3/t13-,14+,16-,17+,18-,20-,21+,22-/m1/s1. The van der Waals surface area contributed by atoms with Crippen molar-refractivity contribution in [3.8, 4) is 0 Å². The van der Waals surface area contributed by atoms with Crippen molar-refractivity contribution in [1.29, 1.82) is 0 Å². The number of carbonyl (C=O) groups excluding carboxylic acids is 2. The van der Waals surface area contributed by atoms with Crippen LogP contribution in [0.25, 0.3) is 0 Å². The zero-order chi connectivity index (χ0) is 20.3. The van der Waals surface area contributed by atoms with Crippen LogP contribution in [0.4, 0.5) is 0 Å². The molecule has 6 fully saturated rings. The topological polar surface area (TPSA) is 93.1 Å². The minimum atomic E-state index is -1.85. The summed E-state index contributed by atoms with van der Waals surface area (Å²) in [5, 5.41) is 23.4. The van der Waals surface area contributed by atoms with E-state index in [4.69, 9.17) is 9.47 Å². The molecule has 0 aromatic rings. The Bertz CT molecular complexity index is 788. The molecule has 28 heavy (non-hydrogen) atoms. The fraction of sp³-hybridized carbons (Fsp3) is 0.818. The largest absolute Gasteiger partial charge is 0.457 e. The highest BCUT2D eigenvalue weighted by Gasteiger charge is 2.84. The van der Waals surface area contributed by atoms with Crippen LogP contribution in [-0.4, -0.2) is 46.6 Å². The van der Waals surface area contributed by atoms with E-state index in [1.54, 1.807) is 0 Å². The first-order valence-electron chi connectivity index (χ1n) is 10.5. The first-order valence-corrected chi connectivity index (χ1v) is 10.5. The van der Waals surface area contributed by atoms with E-state index in [1.807, 2.05) is 0 Å². The van der Waals surface area contributed by atoms with Gasteiger partial charge < -0.3 is 19.7 Å². The number of rotatable bonds is 1. The van der Waals surface area contributed by atoms with Crippen LogP contribution in [0.5, 0.6) is 0 Å². The molecule has 0 amide bonds. The van der Waals surface area contributed by atoms with Crippen LogP contribution in [0.1, 0.15) is 52.9 Å². The Labute approximate surface area is 165 Å². The van der Waals surface area contributed by atoms with Crippen molar-refractivity contribution < 1.29 is 29.3 Å². The maximum atomic E-state index is 13.5. The Morgan fingerprint density at radius 1 is 1.32 bits per heavy atom. The lowest BCUT2D eigenvalue weighted by Gasteiger charge is -2.73. The zero-order valence-electron chi connectivity index (χ0n) is 16.9. The average Bonchev–Trinajstić information content (AvgIpc) is 2.82. The lowest BCUT2D eigenvalue weighted by molar-refractivity contribution is -0.445. The second-order valence-corrected chi connectivity index (χ2v) is 10.5. The van der Waals surface area contributed by atoms with E-state index in [1.165, 1.54) is 6.92 Å². The fourth-order valence-corrected chi connectivity index (χ4v) is 8.11. The summed E-state index contributed by atoms with van der Waals surface area (Å²) in [6, 6.07) is 0. The van der Waals surface area contributed by atoms with Crippen LogP contribution in [0, 0.1) is 34.0 Å². The number of esters is 1. The number of hydrogen-bond donors (Lipinski definition) is 2. The summed E-state index contributed by atoms with van der Waals surface area (Å²) in [6.45, 7) is 9.83. The highest BCUT2D eigenvalue weighted by molar-refractivity contribution is 5.88. The van der Waals surface area contributed by atoms with Gasteiger partial charge in [0.25, 0.3) is 0 Å². The Kier molecular flexibility index (Phi) is 3.53. The number of ether oxygens (including phenoxy) is 2. The molecule has 2 spiro atoms. The van der Waals surface area contributed by atoms with Crippen molar-refractivity contribution in [2.24, 2.45) is 34.0 Å². The number of Topliss-reactive ketones (excluding diaryl/α,β-unsaturated/α-hetero) is 1. The van der Waals surface area contributed by atoms with Gasteiger partial charge in [-0.15, -0.1) is 0 Å². The first kappa shape index (κ1) is 18.8. The molecule has 2 saturated heterocycles. The van der Waals surface area contributed by atoms with Crippen LogP contribution >= 0.6 is 0 Å². The van der Waals surface area contributed by atoms with Crippen LogP contribution < -0.4 is 0 Å². The monoisotopic (exact) mass is 390 g/mol. The maximum absolute atomic E-state index is 13.5. The van der Waals surface area contributed by atoms with Gasteiger partial charge in [-0.2, -0.15) is 0 Å². The van der Waals surface area contributed by atoms with E-state index in [-0.39, 0.29) is 35.6 Å². The number of fused-ring (bicyclic) bond motifs is 2. The van der Waals surface area contributed by atoms with E-state index in [0.717, 1.165) is 18.4 Å². The molecular formula is C22H30O6. The minimum absolute atomic E-state index is 0.0985. The fourth-order valence-electron chi connectivity index (χ4n) is 8.11. The number of carbonyl (C=O) groups is 2. The molecule has 0 unspecified atom stereocenters. The van der Waals surface area contributed by atoms with Gasteiger partial charge in [-0.05, 0) is 48.5 Å². The van der Waals surface area contributed by atoms with Gasteiger partial charge in [0, 0.05) is 19.3 Å². The summed E-state index contributed by atoms with van der Waals surface area (Å²) >= 11 is 0. The third kappa shape index (κ3) is 1.77. The maximum Gasteiger partial charge on any atom is 0.303 e. The molecule has 154 valence electrons. The van der Waals surface area contributed by atoms with Crippen molar-refractivity contribution >= 4 is 11.8 Å². The Hall–Kier alpha value is -1.24. The molecule has 6 rings (SSSR count). The van der Waals surface area contributed by atoms with Crippen LogP contribution in [-0.2, 0) is 19.1 Å². The van der Waals surface area contributed by atoms with E-state index >= 15 is 0 Å². The van der Waals surface area contributed by atoms with Gasteiger partial charge in [-0.3, -0.25) is 9.59 Å². The molecule has 6 aliphatic rings. The number of ketones is 1. The van der Waals surface area contributed by atoms with Gasteiger partial charge in [0.2, 0.25) is 5.79 Å². The molecule has 8 atom stereocenters. The van der Waals surface area contributed by atoms with E-state index < -0.39 is 34.8 Å². The summed E-state index contributed by atoms with van der Waals surface area (Å²) in [4.78, 5) is 25.4. The third-order valence-electron chi connectivity index (χ3n) is 9.07. The molecule has 4 aliphatic carbocycles. The number of aliphatic hydroxyl groups excluding tert-OH is 1. The van der Waals surface area contributed by atoms with Crippen molar-refractivity contribution in [2.45, 2.75) is 70.9 Å². The Balaban J connectivity index is 1.76. The molecule has 4 bridgehead atoms. The number of aliphatic hydroxyl groups is 2. The van der Waals surface area contributed by atoms with Gasteiger partial charge >= 0.3 is 5.97 Å². The van der Waals surface area contributed by atoms with Crippen LogP contribution in [0.3, 0.4) is 0 Å². The molecule has 0 radical (unpaired) electrons. The van der Waals surface area contributed by atoms with E-state index in [2.05, 4.69) is 20.4 Å². The summed E-state index contributed by atoms with van der Waals surface area (Å²) in [5.74, 6) is -2.65. The van der Waals surface area contributed by atoms with Crippen molar-refractivity contribution in [3.05, 3.63) is 12.2 Å². The highest BCUT2D eigenvalue weighted by atomic mass is 16.6. The van der Waals surface area contributed by atoms with Gasteiger partial charge in [-0.1, -0.05) is 20.4 Å². The zero-order valence-corrected chi connectivity index (χ0v) is 16.9. The molecule has 0 aromatic heterocycles. The summed E-state index contributed by atoms with van der Waals surface area (Å²) in [7, 11) is 0. The predicted octanol–water partition coefficient (Wildman–Crippen LogP) is 1.98. The number of hydrogen-bond acceptors (Lipinski definition) is 6. The smallest absolute Gasteiger partial charge is 0.303 e. The highest BCUT2D eigenvalue weighted by Crippen LogP contribution is 2.77. The van der Waals surface area contributed by atoms with Crippen molar-refractivity contribution in [2.75, 3.05) is 6.61 Å². The second kappa shape index (κ2) is 5.27. The Morgan fingerprint density at radius 3 is 2.71 bits per heavy atom. The summed E-state index contributed by atoms with van der Waals surface area (Å²) in [6.07, 6.45) is 1.33. The van der Waals surface area contributed by atoms with Crippen LogP contribution in [0.15, 0.2) is 12.2 Å². The normalized spacial score (nSPS) is 53.5. The average molecular weight is 390 g/mol. The summed E-state index contributed by atoms with van der Waals surface area (Å²) < 4.78 is 11.7. The molecular weight excluding hydrogens is 360 g/mol. The molecule has 4 saturated carbocycles. The molecule has 2 aliphatic heterocycles. The molecule has 6 nitrogen and oxygen atoms in total. The Morgan fingerprint density at radius 2 is 2.04 bits per heavy atom. The quantitative estimate of drug-likeness (QED) is 0.525.